The van der Waals surface area contributed by atoms with E-state index in [0.29, 0.717) is 0 Å². The number of benzene rings is 2. The number of ether oxygens (including phenoxy) is 1. The molecule has 0 aliphatic rings. The monoisotopic (exact) mass is 278 g/mol. The number of anilines is 1. The fraction of sp³-hybridized carbons (Fsp3) is 0.111. The van der Waals surface area contributed by atoms with Gasteiger partial charge in [0, 0.05) is 31.7 Å². The smallest absolute Gasteiger partial charge is 0.127 e. The minimum Gasteiger partial charge on any atom is -0.457 e. The fourth-order valence-corrected chi connectivity index (χ4v) is 2.14. The van der Waals surface area contributed by atoms with Crippen molar-refractivity contribution in [3.05, 3.63) is 78.6 Å². The Balaban J connectivity index is 1.59. The van der Waals surface area contributed by atoms with Crippen LogP contribution in [0.1, 0.15) is 5.56 Å². The van der Waals surface area contributed by atoms with E-state index >= 15 is 0 Å². The Morgan fingerprint density at radius 2 is 1.62 bits per heavy atom. The molecule has 1 N–H and O–H groups in total. The maximum absolute atomic E-state index is 5.77. The van der Waals surface area contributed by atoms with Gasteiger partial charge in [0.2, 0.25) is 0 Å². The summed E-state index contributed by atoms with van der Waals surface area (Å²) in [4.78, 5) is 0. The van der Waals surface area contributed by atoms with Gasteiger partial charge in [-0.2, -0.15) is 0 Å². The Hall–Kier alpha value is -2.68. The number of rotatable bonds is 5. The quantitative estimate of drug-likeness (QED) is 0.747. The lowest BCUT2D eigenvalue weighted by atomic mass is 10.2. The van der Waals surface area contributed by atoms with E-state index in [4.69, 9.17) is 4.74 Å². The normalized spacial score (nSPS) is 10.3. The van der Waals surface area contributed by atoms with E-state index in [0.717, 1.165) is 23.7 Å². The van der Waals surface area contributed by atoms with Gasteiger partial charge in [0.1, 0.15) is 11.5 Å². The molecule has 3 aromatic rings. The minimum absolute atomic E-state index is 0.819. The molecule has 0 unspecified atom stereocenters. The zero-order valence-electron chi connectivity index (χ0n) is 12.0. The molecule has 0 bridgehead atoms. The molecule has 0 amide bonds. The van der Waals surface area contributed by atoms with Gasteiger partial charge in [-0.3, -0.25) is 0 Å². The average molecular weight is 278 g/mol. The molecule has 2 aromatic carbocycles. The molecule has 0 radical (unpaired) electrons. The number of hydrogen-bond donors (Lipinski definition) is 1. The number of nitrogens with zero attached hydrogens (tertiary/aromatic N) is 1. The fourth-order valence-electron chi connectivity index (χ4n) is 2.14. The van der Waals surface area contributed by atoms with Gasteiger partial charge in [0.15, 0.2) is 0 Å². The summed E-state index contributed by atoms with van der Waals surface area (Å²) < 4.78 is 7.82. The van der Waals surface area contributed by atoms with Gasteiger partial charge < -0.3 is 14.6 Å². The summed E-state index contributed by atoms with van der Waals surface area (Å²) >= 11 is 0. The topological polar surface area (TPSA) is 26.2 Å². The molecular weight excluding hydrogens is 260 g/mol. The van der Waals surface area contributed by atoms with Crippen molar-refractivity contribution in [1.82, 2.24) is 4.57 Å². The van der Waals surface area contributed by atoms with Gasteiger partial charge in [-0.25, -0.2) is 0 Å². The molecule has 0 fully saturated rings. The maximum atomic E-state index is 5.77. The second kappa shape index (κ2) is 6.18. The van der Waals surface area contributed by atoms with Crippen LogP contribution in [-0.2, 0) is 13.6 Å². The van der Waals surface area contributed by atoms with E-state index in [1.165, 1.54) is 5.56 Å². The van der Waals surface area contributed by atoms with Crippen molar-refractivity contribution in [2.24, 2.45) is 7.05 Å². The zero-order chi connectivity index (χ0) is 14.5. The van der Waals surface area contributed by atoms with Crippen LogP contribution in [0.25, 0.3) is 0 Å². The third-order valence-corrected chi connectivity index (χ3v) is 3.22. The number of nitrogens with one attached hydrogen (secondary N) is 1. The first kappa shape index (κ1) is 13.3. The van der Waals surface area contributed by atoms with Crippen molar-refractivity contribution in [2.75, 3.05) is 5.32 Å². The van der Waals surface area contributed by atoms with Crippen molar-refractivity contribution in [3.8, 4) is 11.5 Å². The lowest BCUT2D eigenvalue weighted by molar-refractivity contribution is 0.483. The lowest BCUT2D eigenvalue weighted by Crippen LogP contribution is -1.98. The molecule has 3 rings (SSSR count). The summed E-state index contributed by atoms with van der Waals surface area (Å²) in [6.07, 6.45) is 4.16. The van der Waals surface area contributed by atoms with Crippen LogP contribution in [0.3, 0.4) is 0 Å². The van der Waals surface area contributed by atoms with E-state index in [-0.39, 0.29) is 0 Å². The number of para-hydroxylation sites is 1. The summed E-state index contributed by atoms with van der Waals surface area (Å²) in [5.74, 6) is 1.69. The van der Waals surface area contributed by atoms with Gasteiger partial charge >= 0.3 is 0 Å². The van der Waals surface area contributed by atoms with Gasteiger partial charge in [-0.05, 0) is 48.0 Å². The van der Waals surface area contributed by atoms with Gasteiger partial charge in [0.25, 0.3) is 0 Å². The van der Waals surface area contributed by atoms with Crippen molar-refractivity contribution >= 4 is 5.69 Å². The molecule has 1 aromatic heterocycles. The maximum Gasteiger partial charge on any atom is 0.127 e. The van der Waals surface area contributed by atoms with Gasteiger partial charge in [-0.15, -0.1) is 0 Å². The predicted octanol–water partition coefficient (Wildman–Crippen LogP) is 4.43. The molecular formula is C18H18N2O. The number of aromatic nitrogens is 1. The Morgan fingerprint density at radius 3 is 2.29 bits per heavy atom. The van der Waals surface area contributed by atoms with E-state index in [2.05, 4.69) is 17.6 Å². The molecule has 3 nitrogen and oxygen atoms in total. The van der Waals surface area contributed by atoms with E-state index < -0.39 is 0 Å². The van der Waals surface area contributed by atoms with Crippen LogP contribution in [0.2, 0.25) is 0 Å². The Morgan fingerprint density at radius 1 is 0.905 bits per heavy atom. The molecule has 0 atom stereocenters. The van der Waals surface area contributed by atoms with Crippen LogP contribution in [0, 0.1) is 0 Å². The lowest BCUT2D eigenvalue weighted by Gasteiger charge is -2.08. The molecule has 3 heteroatoms. The highest BCUT2D eigenvalue weighted by Gasteiger charge is 1.98. The van der Waals surface area contributed by atoms with Crippen LogP contribution in [0.4, 0.5) is 5.69 Å². The second-order valence-electron chi connectivity index (χ2n) is 4.98. The number of hydrogen-bond acceptors (Lipinski definition) is 2. The molecule has 0 aliphatic heterocycles. The van der Waals surface area contributed by atoms with Crippen molar-refractivity contribution < 1.29 is 4.74 Å². The SMILES string of the molecule is Cn1ccc(CNc2ccc(Oc3ccccc3)cc2)c1. The molecule has 0 saturated carbocycles. The largest absolute Gasteiger partial charge is 0.457 e. The highest BCUT2D eigenvalue weighted by Crippen LogP contribution is 2.22. The molecule has 21 heavy (non-hydrogen) atoms. The summed E-state index contributed by atoms with van der Waals surface area (Å²) in [6, 6.07) is 19.9. The summed E-state index contributed by atoms with van der Waals surface area (Å²) in [7, 11) is 2.03. The first-order chi connectivity index (χ1) is 10.3. The molecule has 0 aliphatic carbocycles. The first-order valence-electron chi connectivity index (χ1n) is 6.97. The van der Waals surface area contributed by atoms with Crippen LogP contribution >= 0.6 is 0 Å². The summed E-state index contributed by atoms with van der Waals surface area (Å²) in [6.45, 7) is 0.819. The van der Waals surface area contributed by atoms with Crippen LogP contribution < -0.4 is 10.1 Å². The highest BCUT2D eigenvalue weighted by molar-refractivity contribution is 5.47. The van der Waals surface area contributed by atoms with Crippen LogP contribution in [-0.4, -0.2) is 4.57 Å². The Bertz CT molecular complexity index is 687. The summed E-state index contributed by atoms with van der Waals surface area (Å²) in [5, 5.41) is 3.40. The van der Waals surface area contributed by atoms with Crippen LogP contribution in [0.15, 0.2) is 73.1 Å². The van der Waals surface area contributed by atoms with Crippen molar-refractivity contribution in [2.45, 2.75) is 6.54 Å². The summed E-state index contributed by atoms with van der Waals surface area (Å²) in [5.41, 5.74) is 2.35. The molecule has 0 spiro atoms. The predicted molar refractivity (Wildman–Crippen MR) is 85.7 cm³/mol. The molecule has 1 heterocycles. The zero-order valence-corrected chi connectivity index (χ0v) is 12.0. The first-order valence-corrected chi connectivity index (χ1v) is 6.97. The van der Waals surface area contributed by atoms with E-state index in [9.17, 15) is 0 Å². The standard InChI is InChI=1S/C18H18N2O/c1-20-12-11-15(14-20)13-19-16-7-9-18(10-8-16)21-17-5-3-2-4-6-17/h2-12,14,19H,13H2,1H3. The van der Waals surface area contributed by atoms with Gasteiger partial charge in [-0.1, -0.05) is 18.2 Å². The molecule has 0 saturated heterocycles. The Labute approximate surface area is 124 Å². The average Bonchev–Trinajstić information content (AvgIpc) is 2.93. The Kier molecular flexibility index (Phi) is 3.92. The van der Waals surface area contributed by atoms with Gasteiger partial charge in [0.05, 0.1) is 0 Å². The number of aryl methyl sites for hydroxylation is 1. The van der Waals surface area contributed by atoms with E-state index in [1.54, 1.807) is 0 Å². The second-order valence-corrected chi connectivity index (χ2v) is 4.98. The minimum atomic E-state index is 0.819. The third-order valence-electron chi connectivity index (χ3n) is 3.22. The van der Waals surface area contributed by atoms with Crippen molar-refractivity contribution in [3.63, 3.8) is 0 Å². The van der Waals surface area contributed by atoms with Crippen LogP contribution in [0.5, 0.6) is 11.5 Å². The molecule has 106 valence electrons. The highest BCUT2D eigenvalue weighted by atomic mass is 16.5. The van der Waals surface area contributed by atoms with Crippen molar-refractivity contribution in [1.29, 1.82) is 0 Å². The van der Waals surface area contributed by atoms with E-state index in [1.807, 2.05) is 72.4 Å². The third kappa shape index (κ3) is 3.66.